The van der Waals surface area contributed by atoms with E-state index >= 15 is 0 Å². The van der Waals surface area contributed by atoms with Crippen molar-refractivity contribution in [2.24, 2.45) is 0 Å². The molecule has 1 aromatic carbocycles. The minimum Gasteiger partial charge on any atom is -0.343 e. The molecule has 1 aromatic heterocycles. The average Bonchev–Trinajstić information content (AvgIpc) is 3.25. The number of hydrogen-bond acceptors (Lipinski definition) is 3. The quantitative estimate of drug-likeness (QED) is 0.915. The van der Waals surface area contributed by atoms with Gasteiger partial charge in [-0.05, 0) is 23.9 Å². The number of nitrogens with one attached hydrogen (secondary N) is 1. The molecular formula is C16H20ClN3OS. The third kappa shape index (κ3) is 2.73. The molecule has 1 amide bonds. The first-order valence-electron chi connectivity index (χ1n) is 7.48. The Morgan fingerprint density at radius 1 is 1.27 bits per heavy atom. The zero-order valence-electron chi connectivity index (χ0n) is 12.3. The summed E-state index contributed by atoms with van der Waals surface area (Å²) in [5.74, 6) is 2.21. The Morgan fingerprint density at radius 2 is 2.14 bits per heavy atom. The molecule has 4 rings (SSSR count). The van der Waals surface area contributed by atoms with Crippen molar-refractivity contribution in [3.05, 3.63) is 36.5 Å². The summed E-state index contributed by atoms with van der Waals surface area (Å²) in [4.78, 5) is 14.5. The van der Waals surface area contributed by atoms with Crippen LogP contribution >= 0.6 is 24.2 Å². The van der Waals surface area contributed by atoms with Crippen LogP contribution in [0.3, 0.4) is 0 Å². The fourth-order valence-electron chi connectivity index (χ4n) is 3.35. The molecule has 0 unspecified atom stereocenters. The van der Waals surface area contributed by atoms with Crippen molar-refractivity contribution < 1.29 is 4.79 Å². The van der Waals surface area contributed by atoms with Gasteiger partial charge in [0.15, 0.2) is 0 Å². The summed E-state index contributed by atoms with van der Waals surface area (Å²) in [7, 11) is 0. The molecule has 2 atom stereocenters. The van der Waals surface area contributed by atoms with Crippen molar-refractivity contribution in [1.82, 2.24) is 14.8 Å². The molecule has 0 aliphatic carbocycles. The molecule has 2 fully saturated rings. The minimum atomic E-state index is -0.0186. The zero-order valence-corrected chi connectivity index (χ0v) is 13.9. The number of rotatable bonds is 2. The highest BCUT2D eigenvalue weighted by molar-refractivity contribution is 7.99. The highest BCUT2D eigenvalue weighted by Gasteiger charge is 2.34. The maximum atomic E-state index is 12.5. The summed E-state index contributed by atoms with van der Waals surface area (Å²) in [5.41, 5.74) is 1.26. The predicted molar refractivity (Wildman–Crippen MR) is 93.7 cm³/mol. The second-order valence-electron chi connectivity index (χ2n) is 5.77. The van der Waals surface area contributed by atoms with Gasteiger partial charge in [-0.15, -0.1) is 24.2 Å². The van der Waals surface area contributed by atoms with Crippen molar-refractivity contribution >= 4 is 41.0 Å². The number of amides is 1. The number of carbonyl (C=O) groups excluding carboxylic acids is 1. The number of hydrogen-bond donors (Lipinski definition) is 1. The smallest absolute Gasteiger partial charge is 0.240 e. The molecule has 0 saturated carbocycles. The molecule has 2 aliphatic rings. The third-order valence-corrected chi connectivity index (χ3v) is 5.46. The lowest BCUT2D eigenvalue weighted by atomic mass is 10.1. The summed E-state index contributed by atoms with van der Waals surface area (Å²) in [6.07, 6.45) is 3.04. The molecule has 1 N–H and O–H groups in total. The molecule has 0 radical (unpaired) electrons. The van der Waals surface area contributed by atoms with Gasteiger partial charge in [0, 0.05) is 36.6 Å². The van der Waals surface area contributed by atoms with Crippen LogP contribution in [0.5, 0.6) is 0 Å². The Morgan fingerprint density at radius 3 is 2.95 bits per heavy atom. The van der Waals surface area contributed by atoms with E-state index in [1.54, 1.807) is 0 Å². The predicted octanol–water partition coefficient (Wildman–Crippen LogP) is 2.50. The molecule has 2 saturated heterocycles. The summed E-state index contributed by atoms with van der Waals surface area (Å²) in [5, 5.41) is 4.68. The second kappa shape index (κ2) is 6.52. The molecule has 2 aliphatic heterocycles. The Bertz CT molecular complexity index is 668. The van der Waals surface area contributed by atoms with Crippen molar-refractivity contribution in [3.8, 4) is 0 Å². The largest absolute Gasteiger partial charge is 0.343 e. The van der Waals surface area contributed by atoms with E-state index in [0.717, 1.165) is 31.1 Å². The number of benzene rings is 1. The van der Waals surface area contributed by atoms with Gasteiger partial charge in [0.2, 0.25) is 5.91 Å². The lowest BCUT2D eigenvalue weighted by Crippen LogP contribution is -2.42. The number of para-hydroxylation sites is 1. The van der Waals surface area contributed by atoms with Crippen molar-refractivity contribution in [2.75, 3.05) is 24.7 Å². The summed E-state index contributed by atoms with van der Waals surface area (Å²) in [6.45, 7) is 1.77. The molecule has 0 bridgehead atoms. The van der Waals surface area contributed by atoms with Gasteiger partial charge in [-0.25, -0.2) is 0 Å². The van der Waals surface area contributed by atoms with Gasteiger partial charge in [-0.3, -0.25) is 4.79 Å². The van der Waals surface area contributed by atoms with E-state index in [2.05, 4.69) is 46.4 Å². The van der Waals surface area contributed by atoms with Crippen LogP contribution in [0.15, 0.2) is 36.5 Å². The molecule has 6 heteroatoms. The van der Waals surface area contributed by atoms with E-state index in [0.29, 0.717) is 6.04 Å². The molecular weight excluding hydrogens is 318 g/mol. The van der Waals surface area contributed by atoms with E-state index < -0.39 is 0 Å². The number of aromatic nitrogens is 1. The van der Waals surface area contributed by atoms with E-state index in [9.17, 15) is 4.79 Å². The molecule has 0 spiro atoms. The van der Waals surface area contributed by atoms with Crippen LogP contribution in [-0.2, 0) is 4.79 Å². The normalized spacial score (nSPS) is 24.6. The van der Waals surface area contributed by atoms with Crippen LogP contribution in [0.4, 0.5) is 0 Å². The van der Waals surface area contributed by atoms with Crippen LogP contribution in [0, 0.1) is 0 Å². The third-order valence-electron chi connectivity index (χ3n) is 4.49. The molecule has 3 heterocycles. The summed E-state index contributed by atoms with van der Waals surface area (Å²) in [6, 6.07) is 10.9. The Hall–Kier alpha value is -1.17. The average molecular weight is 338 g/mol. The zero-order chi connectivity index (χ0) is 14.2. The van der Waals surface area contributed by atoms with Gasteiger partial charge in [-0.2, -0.15) is 0 Å². The maximum Gasteiger partial charge on any atom is 0.240 e. The standard InChI is InChI=1S/C16H19N3OS.ClH/c20-16(18-7-8-21-11-18)14-9-13(10-17-14)19-6-5-12-3-1-2-4-15(12)19;/h1-6,13-14,17H,7-11H2;1H/t13-,14-;/m0./s1. The molecule has 22 heavy (non-hydrogen) atoms. The van der Waals surface area contributed by atoms with Gasteiger partial charge in [0.05, 0.1) is 11.9 Å². The van der Waals surface area contributed by atoms with E-state index in [4.69, 9.17) is 0 Å². The molecule has 118 valence electrons. The van der Waals surface area contributed by atoms with Gasteiger partial charge < -0.3 is 14.8 Å². The number of thioether (sulfide) groups is 1. The van der Waals surface area contributed by atoms with Gasteiger partial charge in [-0.1, -0.05) is 18.2 Å². The highest BCUT2D eigenvalue weighted by atomic mass is 35.5. The van der Waals surface area contributed by atoms with Crippen LogP contribution in [0.25, 0.3) is 10.9 Å². The van der Waals surface area contributed by atoms with Crippen LogP contribution < -0.4 is 5.32 Å². The van der Waals surface area contributed by atoms with Gasteiger partial charge >= 0.3 is 0 Å². The van der Waals surface area contributed by atoms with Crippen LogP contribution in [0.2, 0.25) is 0 Å². The minimum absolute atomic E-state index is 0. The number of carbonyl (C=O) groups is 1. The number of fused-ring (bicyclic) bond motifs is 1. The SMILES string of the molecule is Cl.O=C([C@@H]1C[C@H](n2ccc3ccccc32)CN1)N1CCSC1. The van der Waals surface area contributed by atoms with Crippen molar-refractivity contribution in [1.29, 1.82) is 0 Å². The molecule has 4 nitrogen and oxygen atoms in total. The fraction of sp³-hybridized carbons (Fsp3) is 0.438. The topological polar surface area (TPSA) is 37.3 Å². The first-order valence-corrected chi connectivity index (χ1v) is 8.64. The Labute approximate surface area is 140 Å². The highest BCUT2D eigenvalue weighted by Crippen LogP contribution is 2.27. The maximum absolute atomic E-state index is 12.5. The monoisotopic (exact) mass is 337 g/mol. The van der Waals surface area contributed by atoms with Gasteiger partial charge in [0.25, 0.3) is 0 Å². The Balaban J connectivity index is 0.00000144. The first kappa shape index (κ1) is 15.7. The first-order chi connectivity index (χ1) is 10.3. The van der Waals surface area contributed by atoms with Crippen LogP contribution in [0.1, 0.15) is 12.5 Å². The van der Waals surface area contributed by atoms with E-state index in [1.165, 1.54) is 10.9 Å². The lowest BCUT2D eigenvalue weighted by molar-refractivity contribution is -0.131. The summed E-state index contributed by atoms with van der Waals surface area (Å²) >= 11 is 1.84. The number of halogens is 1. The molecule has 2 aromatic rings. The van der Waals surface area contributed by atoms with Crippen LogP contribution in [-0.4, -0.2) is 46.1 Å². The van der Waals surface area contributed by atoms with Crippen molar-refractivity contribution in [3.63, 3.8) is 0 Å². The van der Waals surface area contributed by atoms with Crippen molar-refractivity contribution in [2.45, 2.75) is 18.5 Å². The van der Waals surface area contributed by atoms with E-state index in [1.807, 2.05) is 16.7 Å². The fourth-order valence-corrected chi connectivity index (χ4v) is 4.30. The number of nitrogens with zero attached hydrogens (tertiary/aromatic N) is 2. The van der Waals surface area contributed by atoms with E-state index in [-0.39, 0.29) is 24.4 Å². The summed E-state index contributed by atoms with van der Waals surface area (Å²) < 4.78 is 2.31. The Kier molecular flexibility index (Phi) is 4.66. The van der Waals surface area contributed by atoms with Gasteiger partial charge in [0.1, 0.15) is 0 Å². The lowest BCUT2D eigenvalue weighted by Gasteiger charge is -2.19. The second-order valence-corrected chi connectivity index (χ2v) is 6.85.